The lowest BCUT2D eigenvalue weighted by Crippen LogP contribution is -2.44. The molecule has 0 spiro atoms. The molecule has 1 aliphatic rings. The molecule has 10 nitrogen and oxygen atoms in total. The number of aryl methyl sites for hydroxylation is 1. The predicted molar refractivity (Wildman–Crippen MR) is 150 cm³/mol. The summed E-state index contributed by atoms with van der Waals surface area (Å²) in [6.07, 6.45) is 4.81. The predicted octanol–water partition coefficient (Wildman–Crippen LogP) is 4.93. The highest BCUT2D eigenvalue weighted by Gasteiger charge is 2.22. The molecule has 0 bridgehead atoms. The molecule has 3 N–H and O–H groups in total. The number of fused-ring (bicyclic) bond motifs is 1. The lowest BCUT2D eigenvalue weighted by Gasteiger charge is -2.26. The maximum atomic E-state index is 14.3. The molecular formula is C29H31FN8O2. The molecule has 5 aromatic rings. The number of aromatic nitrogens is 6. The van der Waals surface area contributed by atoms with Crippen molar-refractivity contribution in [2.45, 2.75) is 33.9 Å². The number of nitrogens with two attached hydrogens (primary N) is 1. The summed E-state index contributed by atoms with van der Waals surface area (Å²) < 4.78 is 27.8. The third-order valence-electron chi connectivity index (χ3n) is 6.30. The SMILES string of the molecule is CC.Cc1ncc(COc2cc(F)cc(Oc3ccc(-c4nn(CC5CNC5)c5ncnc(N)c45)cc3)c2)cn1. The van der Waals surface area contributed by atoms with E-state index in [2.05, 4.69) is 25.3 Å². The van der Waals surface area contributed by atoms with Gasteiger partial charge in [-0.05, 0) is 31.2 Å². The summed E-state index contributed by atoms with van der Waals surface area (Å²) in [6, 6.07) is 11.6. The number of ether oxygens (including phenoxy) is 2. The number of nitrogen functional groups attached to an aromatic ring is 1. The van der Waals surface area contributed by atoms with Crippen LogP contribution in [0.2, 0.25) is 0 Å². The number of rotatable bonds is 8. The fraction of sp³-hybridized carbons (Fsp3) is 0.276. The Labute approximate surface area is 231 Å². The van der Waals surface area contributed by atoms with Gasteiger partial charge in [0, 0.05) is 67.3 Å². The Balaban J connectivity index is 0.00000158. The summed E-state index contributed by atoms with van der Waals surface area (Å²) in [4.78, 5) is 16.9. The standard InChI is InChI=1S/C27H25FN8O2.C2H6/c1-16-31-11-18(12-32-16)14-37-22-6-20(28)7-23(8-22)38-21-4-2-19(3-5-21)25-24-26(29)33-15-34-27(24)36(35-25)13-17-9-30-10-17;1-2/h2-8,11-12,15,17,30H,9-10,13-14H2,1H3,(H2,29,33,34);1-2H3. The second kappa shape index (κ2) is 12.0. The fourth-order valence-electron chi connectivity index (χ4n) is 4.24. The van der Waals surface area contributed by atoms with E-state index >= 15 is 0 Å². The van der Waals surface area contributed by atoms with Crippen molar-refractivity contribution in [3.05, 3.63) is 78.4 Å². The fourth-order valence-corrected chi connectivity index (χ4v) is 4.24. The molecule has 206 valence electrons. The molecule has 40 heavy (non-hydrogen) atoms. The smallest absolute Gasteiger partial charge is 0.163 e. The van der Waals surface area contributed by atoms with Crippen LogP contribution in [0.3, 0.4) is 0 Å². The molecule has 11 heteroatoms. The second-order valence-electron chi connectivity index (χ2n) is 9.19. The van der Waals surface area contributed by atoms with E-state index < -0.39 is 5.82 Å². The number of benzene rings is 2. The van der Waals surface area contributed by atoms with Gasteiger partial charge in [-0.1, -0.05) is 13.8 Å². The average Bonchev–Trinajstić information content (AvgIpc) is 3.31. The number of hydrogen-bond donors (Lipinski definition) is 2. The van der Waals surface area contributed by atoms with E-state index in [9.17, 15) is 4.39 Å². The van der Waals surface area contributed by atoms with Gasteiger partial charge in [-0.3, -0.25) is 0 Å². The summed E-state index contributed by atoms with van der Waals surface area (Å²) in [5.74, 6) is 2.27. The molecule has 3 aromatic heterocycles. The summed E-state index contributed by atoms with van der Waals surface area (Å²) >= 11 is 0. The maximum Gasteiger partial charge on any atom is 0.163 e. The summed E-state index contributed by atoms with van der Waals surface area (Å²) in [5.41, 5.74) is 9.26. The molecular weight excluding hydrogens is 511 g/mol. The van der Waals surface area contributed by atoms with E-state index in [0.29, 0.717) is 46.1 Å². The first-order chi connectivity index (χ1) is 19.5. The minimum atomic E-state index is -0.469. The summed E-state index contributed by atoms with van der Waals surface area (Å²) in [6.45, 7) is 8.68. The largest absolute Gasteiger partial charge is 0.489 e. The van der Waals surface area contributed by atoms with Gasteiger partial charge in [-0.2, -0.15) is 5.10 Å². The molecule has 6 rings (SSSR count). The Hall–Kier alpha value is -4.64. The quantitative estimate of drug-likeness (QED) is 0.281. The van der Waals surface area contributed by atoms with Crippen molar-refractivity contribution in [2.75, 3.05) is 18.8 Å². The van der Waals surface area contributed by atoms with Crippen LogP contribution in [0.15, 0.2) is 61.2 Å². The summed E-state index contributed by atoms with van der Waals surface area (Å²) in [7, 11) is 0. The maximum absolute atomic E-state index is 14.3. The third-order valence-corrected chi connectivity index (χ3v) is 6.30. The molecule has 4 heterocycles. The molecule has 1 saturated heterocycles. The van der Waals surface area contributed by atoms with E-state index in [0.717, 1.165) is 36.1 Å². The number of nitrogens with zero attached hydrogens (tertiary/aromatic N) is 6. The number of halogens is 1. The average molecular weight is 543 g/mol. The Morgan fingerprint density at radius 3 is 2.40 bits per heavy atom. The molecule has 0 radical (unpaired) electrons. The Bertz CT molecular complexity index is 1590. The van der Waals surface area contributed by atoms with E-state index in [1.807, 2.05) is 30.7 Å². The minimum absolute atomic E-state index is 0.211. The normalized spacial score (nSPS) is 12.9. The van der Waals surface area contributed by atoms with Gasteiger partial charge in [0.05, 0.1) is 5.39 Å². The molecule has 1 fully saturated rings. The lowest BCUT2D eigenvalue weighted by atomic mass is 10.0. The third kappa shape index (κ3) is 5.99. The molecule has 0 aliphatic carbocycles. The zero-order chi connectivity index (χ0) is 28.1. The monoisotopic (exact) mass is 542 g/mol. The van der Waals surface area contributed by atoms with Crippen LogP contribution in [0.5, 0.6) is 17.2 Å². The molecule has 1 aliphatic heterocycles. The van der Waals surface area contributed by atoms with Crippen LogP contribution in [-0.2, 0) is 13.2 Å². The first kappa shape index (κ1) is 26.9. The highest BCUT2D eigenvalue weighted by molar-refractivity contribution is 5.98. The van der Waals surface area contributed by atoms with Gasteiger partial charge in [0.1, 0.15) is 53.3 Å². The molecule has 0 saturated carbocycles. The molecule has 0 atom stereocenters. The topological polar surface area (TPSA) is 126 Å². The number of hydrogen-bond acceptors (Lipinski definition) is 9. The van der Waals surface area contributed by atoms with E-state index in [-0.39, 0.29) is 6.61 Å². The molecule has 0 unspecified atom stereocenters. The lowest BCUT2D eigenvalue weighted by molar-refractivity contribution is 0.299. The van der Waals surface area contributed by atoms with Crippen LogP contribution in [-0.4, -0.2) is 42.8 Å². The van der Waals surface area contributed by atoms with Gasteiger partial charge in [0.25, 0.3) is 0 Å². The first-order valence-electron chi connectivity index (χ1n) is 13.2. The van der Waals surface area contributed by atoms with E-state index in [1.54, 1.807) is 37.5 Å². The highest BCUT2D eigenvalue weighted by Crippen LogP contribution is 2.33. The van der Waals surface area contributed by atoms with Crippen molar-refractivity contribution in [3.63, 3.8) is 0 Å². The van der Waals surface area contributed by atoms with Gasteiger partial charge in [-0.25, -0.2) is 29.0 Å². The molecule has 2 aromatic carbocycles. The van der Waals surface area contributed by atoms with Crippen molar-refractivity contribution in [1.29, 1.82) is 0 Å². The first-order valence-corrected chi connectivity index (χ1v) is 13.2. The second-order valence-corrected chi connectivity index (χ2v) is 9.19. The number of anilines is 1. The van der Waals surface area contributed by atoms with Crippen molar-refractivity contribution in [3.8, 4) is 28.5 Å². The van der Waals surface area contributed by atoms with Gasteiger partial charge in [-0.15, -0.1) is 0 Å². The van der Waals surface area contributed by atoms with Crippen LogP contribution < -0.4 is 20.5 Å². The Morgan fingerprint density at radius 2 is 1.70 bits per heavy atom. The number of nitrogens with one attached hydrogen (secondary N) is 1. The van der Waals surface area contributed by atoms with Gasteiger partial charge < -0.3 is 20.5 Å². The Kier molecular flexibility index (Phi) is 8.11. The zero-order valence-electron chi connectivity index (χ0n) is 22.6. The van der Waals surface area contributed by atoms with Crippen molar-refractivity contribution >= 4 is 16.9 Å². The van der Waals surface area contributed by atoms with Crippen LogP contribution in [0.4, 0.5) is 10.2 Å². The molecule has 0 amide bonds. The van der Waals surface area contributed by atoms with Crippen molar-refractivity contribution in [2.24, 2.45) is 5.92 Å². The van der Waals surface area contributed by atoms with Crippen LogP contribution in [0, 0.1) is 18.7 Å². The van der Waals surface area contributed by atoms with Gasteiger partial charge >= 0.3 is 0 Å². The highest BCUT2D eigenvalue weighted by atomic mass is 19.1. The Morgan fingerprint density at radius 1 is 0.975 bits per heavy atom. The zero-order valence-corrected chi connectivity index (χ0v) is 22.6. The van der Waals surface area contributed by atoms with Gasteiger partial charge in [0.2, 0.25) is 0 Å². The van der Waals surface area contributed by atoms with E-state index in [1.165, 1.54) is 18.5 Å². The van der Waals surface area contributed by atoms with Crippen LogP contribution >= 0.6 is 0 Å². The summed E-state index contributed by atoms with van der Waals surface area (Å²) in [5, 5.41) is 8.82. The minimum Gasteiger partial charge on any atom is -0.489 e. The van der Waals surface area contributed by atoms with Gasteiger partial charge in [0.15, 0.2) is 5.65 Å². The van der Waals surface area contributed by atoms with Crippen molar-refractivity contribution in [1.82, 2.24) is 35.0 Å². The van der Waals surface area contributed by atoms with Crippen LogP contribution in [0.1, 0.15) is 25.2 Å². The van der Waals surface area contributed by atoms with E-state index in [4.69, 9.17) is 20.3 Å². The van der Waals surface area contributed by atoms with Crippen LogP contribution in [0.25, 0.3) is 22.3 Å². The van der Waals surface area contributed by atoms with Crippen molar-refractivity contribution < 1.29 is 13.9 Å².